The lowest BCUT2D eigenvalue weighted by Gasteiger charge is -2.35. The minimum Gasteiger partial charge on any atom is -0.310 e. The highest BCUT2D eigenvalue weighted by Crippen LogP contribution is 2.52. The van der Waals surface area contributed by atoms with Crippen molar-refractivity contribution in [2.24, 2.45) is 0 Å². The van der Waals surface area contributed by atoms with Crippen LogP contribution in [-0.2, 0) is 5.41 Å². The summed E-state index contributed by atoms with van der Waals surface area (Å²) < 4.78 is 32.8. The van der Waals surface area contributed by atoms with Crippen LogP contribution in [0.2, 0.25) is 0 Å². The molecule has 10 rings (SSSR count). The predicted octanol–water partition coefficient (Wildman–Crippen LogP) is 14.9. The molecule has 0 atom stereocenters. The van der Waals surface area contributed by atoms with Crippen LogP contribution in [0, 0.1) is 11.6 Å². The van der Waals surface area contributed by atoms with E-state index in [1.54, 1.807) is 12.1 Å². The summed E-state index contributed by atoms with van der Waals surface area (Å²) in [6.07, 6.45) is 0. The molecule has 9 aromatic carbocycles. The van der Waals surface area contributed by atoms with Gasteiger partial charge in [0.15, 0.2) is 0 Å². The van der Waals surface area contributed by atoms with E-state index in [2.05, 4.69) is 105 Å². The van der Waals surface area contributed by atoms with Gasteiger partial charge in [-0.15, -0.1) is 0 Å². The fourth-order valence-electron chi connectivity index (χ4n) is 8.33. The molecule has 1 aliphatic rings. The number of fused-ring (bicyclic) bond motifs is 8. The first-order chi connectivity index (χ1) is 26.7. The fraction of sp³-hybridized carbons (Fsp3) is 0.0800. The van der Waals surface area contributed by atoms with Crippen LogP contribution in [0.5, 0.6) is 0 Å². The number of anilines is 9. The smallest absolute Gasteiger partial charge is 0.147 e. The highest BCUT2D eigenvalue weighted by molar-refractivity contribution is 6.29. The molecule has 0 saturated heterocycles. The Hall–Kier alpha value is -6.72. The molecule has 9 aromatic rings. The third-order valence-corrected chi connectivity index (χ3v) is 10.9. The SMILES string of the molecule is CC(C)(C)c1cc2ccc3c4cc(c5ccc(c1)c2c35)N(c1ccccc1F)c1cccc(c1)N(c1ccccc1)c1cccc(c1)N4c1ccccc1F. The van der Waals surface area contributed by atoms with Crippen molar-refractivity contribution in [3.05, 3.63) is 187 Å². The lowest BCUT2D eigenvalue weighted by atomic mass is 9.83. The van der Waals surface area contributed by atoms with Crippen molar-refractivity contribution >= 4 is 83.5 Å². The van der Waals surface area contributed by atoms with Crippen LogP contribution in [0.25, 0.3) is 32.3 Å². The van der Waals surface area contributed by atoms with Crippen molar-refractivity contribution in [2.75, 3.05) is 14.7 Å². The van der Waals surface area contributed by atoms with E-state index in [0.717, 1.165) is 72.1 Å². The van der Waals surface area contributed by atoms with E-state index < -0.39 is 0 Å². The van der Waals surface area contributed by atoms with E-state index in [0.29, 0.717) is 11.4 Å². The largest absolute Gasteiger partial charge is 0.310 e. The molecular weight excluding hydrogens is 681 g/mol. The minimum absolute atomic E-state index is 0.0541. The topological polar surface area (TPSA) is 9.72 Å². The van der Waals surface area contributed by atoms with Gasteiger partial charge in [0, 0.05) is 44.6 Å². The molecule has 0 fully saturated rings. The zero-order valence-electron chi connectivity index (χ0n) is 30.8. The van der Waals surface area contributed by atoms with Crippen LogP contribution in [0.1, 0.15) is 26.3 Å². The molecule has 266 valence electrons. The average Bonchev–Trinajstić information content (AvgIpc) is 3.19. The van der Waals surface area contributed by atoms with Crippen LogP contribution in [0.3, 0.4) is 0 Å². The maximum atomic E-state index is 16.4. The highest BCUT2D eigenvalue weighted by Gasteiger charge is 2.29. The molecule has 0 aromatic heterocycles. The number of benzene rings is 9. The van der Waals surface area contributed by atoms with E-state index >= 15 is 8.78 Å². The molecule has 0 saturated carbocycles. The Kier molecular flexibility index (Phi) is 7.43. The van der Waals surface area contributed by atoms with E-state index in [9.17, 15) is 0 Å². The van der Waals surface area contributed by atoms with Crippen LogP contribution >= 0.6 is 0 Å². The molecule has 1 heterocycles. The van der Waals surface area contributed by atoms with Gasteiger partial charge in [0.05, 0.1) is 22.7 Å². The standard InChI is InChI=1S/C50H37F2N3/c1-50(2,3)34-27-32-23-25-40-46-31-47(41-26-24-33(28-34)48(32)49(40)41)55(45-22-10-8-20-43(45)52)39-18-12-16-37(30-39)53(35-13-5-4-6-14-35)36-15-11-17-38(29-36)54(46)44-21-9-7-19-42(44)51/h4-31H,1-3H3. The Labute approximate surface area is 319 Å². The van der Waals surface area contributed by atoms with Gasteiger partial charge in [-0.25, -0.2) is 8.78 Å². The first-order valence-corrected chi connectivity index (χ1v) is 18.7. The molecule has 3 nitrogen and oxygen atoms in total. The molecular formula is C50H37F2N3. The van der Waals surface area contributed by atoms with Crippen molar-refractivity contribution < 1.29 is 8.78 Å². The summed E-state index contributed by atoms with van der Waals surface area (Å²) in [5, 5.41) is 6.35. The molecule has 6 bridgehead atoms. The molecule has 0 amide bonds. The Bertz CT molecular complexity index is 2750. The second-order valence-electron chi connectivity index (χ2n) is 15.3. The molecule has 0 unspecified atom stereocenters. The Morgan fingerprint density at radius 1 is 0.364 bits per heavy atom. The number of hydrogen-bond acceptors (Lipinski definition) is 3. The number of halogens is 2. The van der Waals surface area contributed by atoms with Gasteiger partial charge < -0.3 is 14.7 Å². The normalized spacial score (nSPS) is 13.1. The van der Waals surface area contributed by atoms with Crippen molar-refractivity contribution in [1.29, 1.82) is 0 Å². The molecule has 0 N–H and O–H groups in total. The number of nitrogens with zero attached hydrogens (tertiary/aromatic N) is 3. The van der Waals surface area contributed by atoms with Gasteiger partial charge in [-0.3, -0.25) is 0 Å². The van der Waals surface area contributed by atoms with E-state index in [1.807, 2.05) is 76.5 Å². The van der Waals surface area contributed by atoms with Crippen molar-refractivity contribution in [1.82, 2.24) is 0 Å². The summed E-state index contributed by atoms with van der Waals surface area (Å²) in [7, 11) is 0. The van der Waals surface area contributed by atoms with Gasteiger partial charge in [-0.2, -0.15) is 0 Å². The highest BCUT2D eigenvalue weighted by atomic mass is 19.1. The van der Waals surface area contributed by atoms with Gasteiger partial charge >= 0.3 is 0 Å². The van der Waals surface area contributed by atoms with Crippen LogP contribution in [0.15, 0.2) is 170 Å². The molecule has 1 aliphatic heterocycles. The fourth-order valence-corrected chi connectivity index (χ4v) is 8.33. The third kappa shape index (κ3) is 5.30. The zero-order chi connectivity index (χ0) is 37.4. The molecule has 0 radical (unpaired) electrons. The average molecular weight is 718 g/mol. The summed E-state index contributed by atoms with van der Waals surface area (Å²) in [6, 6.07) is 56.0. The van der Waals surface area contributed by atoms with Gasteiger partial charge in [0.2, 0.25) is 0 Å². The minimum atomic E-state index is -0.349. The summed E-state index contributed by atoms with van der Waals surface area (Å²) in [5.41, 5.74) is 7.90. The Morgan fingerprint density at radius 2 is 0.800 bits per heavy atom. The Morgan fingerprint density at radius 3 is 1.27 bits per heavy atom. The van der Waals surface area contributed by atoms with Gasteiger partial charge in [-0.1, -0.05) is 112 Å². The molecule has 55 heavy (non-hydrogen) atoms. The third-order valence-electron chi connectivity index (χ3n) is 10.9. The van der Waals surface area contributed by atoms with Crippen molar-refractivity contribution in [2.45, 2.75) is 26.2 Å². The lowest BCUT2D eigenvalue weighted by Crippen LogP contribution is -2.18. The van der Waals surface area contributed by atoms with Crippen LogP contribution in [0.4, 0.5) is 60.0 Å². The number of rotatable bonds is 3. The summed E-state index contributed by atoms with van der Waals surface area (Å²) in [5.74, 6) is -0.698. The molecule has 0 aliphatic carbocycles. The number of hydrogen-bond donors (Lipinski definition) is 0. The summed E-state index contributed by atoms with van der Waals surface area (Å²) in [6.45, 7) is 6.71. The zero-order valence-corrected chi connectivity index (χ0v) is 30.8. The first-order valence-electron chi connectivity index (χ1n) is 18.7. The quantitative estimate of drug-likeness (QED) is 0.169. The second-order valence-corrected chi connectivity index (χ2v) is 15.3. The Balaban J connectivity index is 1.41. The van der Waals surface area contributed by atoms with Crippen molar-refractivity contribution in [3.8, 4) is 0 Å². The predicted molar refractivity (Wildman–Crippen MR) is 226 cm³/mol. The molecule has 0 spiro atoms. The maximum absolute atomic E-state index is 16.4. The number of para-hydroxylation sites is 3. The first kappa shape index (κ1) is 32.9. The summed E-state index contributed by atoms with van der Waals surface area (Å²) in [4.78, 5) is 6.23. The van der Waals surface area contributed by atoms with Gasteiger partial charge in [0.1, 0.15) is 11.6 Å². The second kappa shape index (κ2) is 12.4. The molecule has 5 heteroatoms. The monoisotopic (exact) mass is 717 g/mol. The van der Waals surface area contributed by atoms with E-state index in [4.69, 9.17) is 0 Å². The van der Waals surface area contributed by atoms with Gasteiger partial charge in [-0.05, 0) is 106 Å². The van der Waals surface area contributed by atoms with Crippen LogP contribution < -0.4 is 14.7 Å². The van der Waals surface area contributed by atoms with E-state index in [-0.39, 0.29) is 17.0 Å². The maximum Gasteiger partial charge on any atom is 0.147 e. The summed E-state index contributed by atoms with van der Waals surface area (Å²) >= 11 is 0. The van der Waals surface area contributed by atoms with Gasteiger partial charge in [0.25, 0.3) is 0 Å². The van der Waals surface area contributed by atoms with E-state index in [1.165, 1.54) is 17.7 Å². The van der Waals surface area contributed by atoms with Crippen LogP contribution in [-0.4, -0.2) is 0 Å². The lowest BCUT2D eigenvalue weighted by molar-refractivity contribution is 0.591. The van der Waals surface area contributed by atoms with Crippen molar-refractivity contribution in [3.63, 3.8) is 0 Å².